The second kappa shape index (κ2) is 5.13. The lowest BCUT2D eigenvalue weighted by atomic mass is 9.49. The van der Waals surface area contributed by atoms with E-state index in [2.05, 4.69) is 6.92 Å². The van der Waals surface area contributed by atoms with Crippen molar-refractivity contribution < 1.29 is 8.37 Å². The average molecular weight is 323 g/mol. The van der Waals surface area contributed by atoms with E-state index in [1.807, 2.05) is 0 Å². The molecule has 0 N–H and O–H groups in total. The van der Waals surface area contributed by atoms with E-state index in [-0.39, 0.29) is 5.60 Å². The standard InChI is InChI=1S/C19H30O2S/c1-18-10-8-15-14-5-3-2-4-13(14)6-7-16(15)17(18)9-11-19(18)12-20-22-21-19/h13-17H,2-12H2,1H3/t13?,14-,15+,16+,17-,18+,19?/m0/s1. The van der Waals surface area contributed by atoms with Crippen molar-refractivity contribution in [2.75, 3.05) is 6.61 Å². The topological polar surface area (TPSA) is 18.5 Å². The van der Waals surface area contributed by atoms with Gasteiger partial charge in [0.1, 0.15) is 5.60 Å². The third kappa shape index (κ3) is 1.82. The minimum atomic E-state index is 0.0384. The number of hydrogen-bond donors (Lipinski definition) is 0. The van der Waals surface area contributed by atoms with Gasteiger partial charge in [-0.3, -0.25) is 8.37 Å². The molecule has 7 atom stereocenters. The highest BCUT2D eigenvalue weighted by Gasteiger charge is 2.65. The van der Waals surface area contributed by atoms with E-state index in [1.54, 1.807) is 0 Å². The Balaban J connectivity index is 1.44. The van der Waals surface area contributed by atoms with Gasteiger partial charge in [-0.15, -0.1) is 0 Å². The minimum absolute atomic E-state index is 0.0384. The van der Waals surface area contributed by atoms with Crippen molar-refractivity contribution in [3.8, 4) is 0 Å². The Labute approximate surface area is 139 Å². The zero-order valence-corrected chi connectivity index (χ0v) is 14.7. The summed E-state index contributed by atoms with van der Waals surface area (Å²) in [5, 5.41) is 0. The minimum Gasteiger partial charge on any atom is -0.288 e. The van der Waals surface area contributed by atoms with Crippen LogP contribution in [0.1, 0.15) is 71.1 Å². The summed E-state index contributed by atoms with van der Waals surface area (Å²) in [6.45, 7) is 3.37. The Morgan fingerprint density at radius 2 is 1.77 bits per heavy atom. The molecular weight excluding hydrogens is 292 g/mol. The molecule has 1 saturated heterocycles. The lowest BCUT2D eigenvalue weighted by molar-refractivity contribution is -0.108. The normalized spacial score (nSPS) is 57.4. The van der Waals surface area contributed by atoms with Crippen LogP contribution >= 0.6 is 12.3 Å². The van der Waals surface area contributed by atoms with Crippen molar-refractivity contribution in [1.82, 2.24) is 0 Å². The fourth-order valence-corrected chi connectivity index (χ4v) is 8.27. The molecule has 4 aliphatic carbocycles. The molecule has 2 unspecified atom stereocenters. The fraction of sp³-hybridized carbons (Fsp3) is 1.00. The predicted molar refractivity (Wildman–Crippen MR) is 89.1 cm³/mol. The van der Waals surface area contributed by atoms with Crippen LogP contribution in [0.4, 0.5) is 0 Å². The van der Waals surface area contributed by atoms with Gasteiger partial charge in [0, 0.05) is 5.41 Å². The smallest absolute Gasteiger partial charge is 0.159 e. The highest BCUT2D eigenvalue weighted by Crippen LogP contribution is 2.67. The molecule has 5 aliphatic rings. The molecule has 0 aromatic heterocycles. The molecule has 3 heteroatoms. The average Bonchev–Trinajstić information content (AvgIpc) is 3.14. The molecule has 5 rings (SSSR count). The first-order valence-corrected chi connectivity index (χ1v) is 10.4. The first kappa shape index (κ1) is 14.6. The lowest BCUT2D eigenvalue weighted by Crippen LogP contribution is -2.54. The Hall–Kier alpha value is 0.270. The van der Waals surface area contributed by atoms with Gasteiger partial charge < -0.3 is 0 Å². The molecule has 1 heterocycles. The molecule has 2 nitrogen and oxygen atoms in total. The van der Waals surface area contributed by atoms with Crippen molar-refractivity contribution in [3.05, 3.63) is 0 Å². The third-order valence-corrected chi connectivity index (χ3v) is 9.31. The van der Waals surface area contributed by atoms with E-state index in [4.69, 9.17) is 8.37 Å². The monoisotopic (exact) mass is 322 g/mol. The van der Waals surface area contributed by atoms with Crippen LogP contribution in [-0.4, -0.2) is 12.2 Å². The Kier molecular flexibility index (Phi) is 3.41. The zero-order valence-electron chi connectivity index (χ0n) is 13.9. The molecule has 22 heavy (non-hydrogen) atoms. The summed E-state index contributed by atoms with van der Waals surface area (Å²) in [5.41, 5.74) is 0.413. The second-order valence-electron chi connectivity index (χ2n) is 9.12. The Morgan fingerprint density at radius 3 is 2.64 bits per heavy atom. The molecule has 124 valence electrons. The molecule has 0 radical (unpaired) electrons. The maximum Gasteiger partial charge on any atom is 0.159 e. The maximum atomic E-state index is 6.15. The van der Waals surface area contributed by atoms with Crippen LogP contribution in [0.15, 0.2) is 0 Å². The lowest BCUT2D eigenvalue weighted by Gasteiger charge is -2.56. The van der Waals surface area contributed by atoms with Gasteiger partial charge in [0.05, 0.1) is 6.61 Å². The van der Waals surface area contributed by atoms with Crippen LogP contribution < -0.4 is 0 Å². The molecule has 4 saturated carbocycles. The van der Waals surface area contributed by atoms with Gasteiger partial charge in [-0.05, 0) is 74.5 Å². The van der Waals surface area contributed by atoms with E-state index in [0.717, 1.165) is 36.2 Å². The van der Waals surface area contributed by atoms with E-state index >= 15 is 0 Å². The van der Waals surface area contributed by atoms with Gasteiger partial charge in [-0.1, -0.05) is 26.2 Å². The highest BCUT2D eigenvalue weighted by molar-refractivity contribution is 7.90. The van der Waals surface area contributed by atoms with Crippen LogP contribution in [0.25, 0.3) is 0 Å². The van der Waals surface area contributed by atoms with Crippen LogP contribution in [-0.2, 0) is 8.37 Å². The molecule has 5 fully saturated rings. The highest BCUT2D eigenvalue weighted by atomic mass is 32.2. The molecule has 0 bridgehead atoms. The van der Waals surface area contributed by atoms with Crippen molar-refractivity contribution in [1.29, 1.82) is 0 Å². The van der Waals surface area contributed by atoms with Crippen LogP contribution in [0, 0.1) is 35.0 Å². The molecule has 1 spiro atoms. The van der Waals surface area contributed by atoms with Gasteiger partial charge in [0.15, 0.2) is 12.3 Å². The van der Waals surface area contributed by atoms with Crippen LogP contribution in [0.5, 0.6) is 0 Å². The number of rotatable bonds is 0. The molecule has 1 aliphatic heterocycles. The van der Waals surface area contributed by atoms with Crippen LogP contribution in [0.3, 0.4) is 0 Å². The SMILES string of the molecule is C[C@@]12CC[C@H]3[C@@H](CCC4CCCC[C@@H]43)[C@@H]1CCC21COSO1. The quantitative estimate of drug-likeness (QED) is 0.558. The van der Waals surface area contributed by atoms with Crippen molar-refractivity contribution in [2.45, 2.75) is 76.7 Å². The molecule has 0 amide bonds. The van der Waals surface area contributed by atoms with Crippen molar-refractivity contribution in [2.24, 2.45) is 35.0 Å². The van der Waals surface area contributed by atoms with Crippen molar-refractivity contribution >= 4 is 12.3 Å². The van der Waals surface area contributed by atoms with Gasteiger partial charge in [-0.2, -0.15) is 0 Å². The number of fused-ring (bicyclic) bond motifs is 6. The summed E-state index contributed by atoms with van der Waals surface area (Å²) >= 11 is 1.27. The van der Waals surface area contributed by atoms with E-state index in [9.17, 15) is 0 Å². The summed E-state index contributed by atoms with van der Waals surface area (Å²) in [5.74, 6) is 5.09. The summed E-state index contributed by atoms with van der Waals surface area (Å²) in [6, 6.07) is 0. The summed E-state index contributed by atoms with van der Waals surface area (Å²) in [6.07, 6.45) is 14.6. The van der Waals surface area contributed by atoms with E-state index in [0.29, 0.717) is 5.41 Å². The largest absolute Gasteiger partial charge is 0.288 e. The Morgan fingerprint density at radius 1 is 0.864 bits per heavy atom. The first-order chi connectivity index (χ1) is 10.7. The van der Waals surface area contributed by atoms with Crippen LogP contribution in [0.2, 0.25) is 0 Å². The van der Waals surface area contributed by atoms with Crippen molar-refractivity contribution in [3.63, 3.8) is 0 Å². The molecule has 0 aromatic rings. The number of hydrogen-bond acceptors (Lipinski definition) is 3. The second-order valence-corrected chi connectivity index (χ2v) is 9.66. The summed E-state index contributed by atoms with van der Waals surface area (Å²) in [7, 11) is 0. The summed E-state index contributed by atoms with van der Waals surface area (Å²) in [4.78, 5) is 0. The predicted octanol–water partition coefficient (Wildman–Crippen LogP) is 5.38. The fourth-order valence-electron chi connectivity index (χ4n) is 7.53. The van der Waals surface area contributed by atoms with Gasteiger partial charge in [-0.25, -0.2) is 0 Å². The maximum absolute atomic E-state index is 6.15. The zero-order chi connectivity index (χ0) is 14.8. The first-order valence-electron chi connectivity index (χ1n) is 9.71. The van der Waals surface area contributed by atoms with Gasteiger partial charge in [0.2, 0.25) is 0 Å². The van der Waals surface area contributed by atoms with E-state index < -0.39 is 0 Å². The van der Waals surface area contributed by atoms with Gasteiger partial charge >= 0.3 is 0 Å². The molecule has 0 aromatic carbocycles. The van der Waals surface area contributed by atoms with Gasteiger partial charge in [0.25, 0.3) is 0 Å². The van der Waals surface area contributed by atoms with E-state index in [1.165, 1.54) is 76.5 Å². The third-order valence-electron chi connectivity index (χ3n) is 8.70. The summed E-state index contributed by atoms with van der Waals surface area (Å²) < 4.78 is 11.8. The Bertz CT molecular complexity index is 447. The molecular formula is C19H30O2S.